The van der Waals surface area contributed by atoms with Gasteiger partial charge in [0.15, 0.2) is 0 Å². The van der Waals surface area contributed by atoms with E-state index in [2.05, 4.69) is 6.92 Å². The molecule has 2 N–H and O–H groups in total. The molecule has 2 rings (SSSR count). The zero-order valence-corrected chi connectivity index (χ0v) is 12.7. The van der Waals surface area contributed by atoms with Crippen molar-refractivity contribution in [3.63, 3.8) is 0 Å². The lowest BCUT2D eigenvalue weighted by Crippen LogP contribution is -2.15. The van der Waals surface area contributed by atoms with Crippen molar-refractivity contribution in [2.45, 2.75) is 32.6 Å². The first kappa shape index (κ1) is 15.1. The minimum Gasteiger partial charge on any atom is -0.330 e. The maximum Gasteiger partial charge on any atom is 0.238 e. The zero-order chi connectivity index (χ0) is 14.6. The molecule has 110 valence electrons. The molecule has 0 spiro atoms. The average Bonchev–Trinajstić information content (AvgIpc) is 2.80. The molecule has 0 aliphatic heterocycles. The summed E-state index contributed by atoms with van der Waals surface area (Å²) in [5.41, 5.74) is 7.37. The van der Waals surface area contributed by atoms with Gasteiger partial charge in [0, 0.05) is 11.6 Å². The molecule has 0 radical (unpaired) electrons. The van der Waals surface area contributed by atoms with Crippen LogP contribution in [-0.4, -0.2) is 24.7 Å². The number of nitrogens with zero attached hydrogens (tertiary/aromatic N) is 1. The van der Waals surface area contributed by atoms with Crippen LogP contribution in [0.2, 0.25) is 0 Å². The van der Waals surface area contributed by atoms with Crippen molar-refractivity contribution in [3.8, 4) is 0 Å². The molecule has 1 aromatic heterocycles. The second-order valence-electron chi connectivity index (χ2n) is 5.03. The molecule has 0 aliphatic rings. The van der Waals surface area contributed by atoms with Gasteiger partial charge in [0.05, 0.1) is 11.3 Å². The summed E-state index contributed by atoms with van der Waals surface area (Å²) in [7, 11) is -3.28. The van der Waals surface area contributed by atoms with E-state index in [4.69, 9.17) is 5.73 Å². The fourth-order valence-corrected chi connectivity index (χ4v) is 3.95. The molecule has 0 atom stereocenters. The van der Waals surface area contributed by atoms with E-state index in [-0.39, 0.29) is 5.75 Å². The first-order chi connectivity index (χ1) is 9.60. The van der Waals surface area contributed by atoms with Gasteiger partial charge in [-0.1, -0.05) is 38.0 Å². The summed E-state index contributed by atoms with van der Waals surface area (Å²) < 4.78 is 26.4. The summed E-state index contributed by atoms with van der Waals surface area (Å²) >= 11 is 0. The number of aromatic nitrogens is 1. The van der Waals surface area contributed by atoms with E-state index >= 15 is 0 Å². The number of fused-ring (bicyclic) bond motifs is 1. The van der Waals surface area contributed by atoms with Crippen LogP contribution in [0.4, 0.5) is 0 Å². The van der Waals surface area contributed by atoms with Crippen LogP contribution >= 0.6 is 0 Å². The Morgan fingerprint density at radius 1 is 1.20 bits per heavy atom. The lowest BCUT2D eigenvalue weighted by molar-refractivity contribution is 0.584. The highest BCUT2D eigenvalue weighted by molar-refractivity contribution is 7.90. The molecule has 0 aliphatic carbocycles. The number of rotatable bonds is 7. The number of hydrogen-bond acceptors (Lipinski definition) is 3. The number of hydrogen-bond donors (Lipinski definition) is 1. The smallest absolute Gasteiger partial charge is 0.238 e. The maximum absolute atomic E-state index is 12.5. The molecule has 0 bridgehead atoms. The highest BCUT2D eigenvalue weighted by Crippen LogP contribution is 2.23. The lowest BCUT2D eigenvalue weighted by Gasteiger charge is -2.06. The predicted molar refractivity (Wildman–Crippen MR) is 83.4 cm³/mol. The highest BCUT2D eigenvalue weighted by atomic mass is 32.2. The maximum atomic E-state index is 12.5. The van der Waals surface area contributed by atoms with Gasteiger partial charge in [-0.05, 0) is 31.0 Å². The molecule has 0 saturated heterocycles. The van der Waals surface area contributed by atoms with Crippen molar-refractivity contribution >= 4 is 20.9 Å². The van der Waals surface area contributed by atoms with Crippen LogP contribution in [0, 0.1) is 0 Å². The van der Waals surface area contributed by atoms with E-state index in [1.165, 1.54) is 3.97 Å². The third-order valence-electron chi connectivity index (χ3n) is 3.48. The van der Waals surface area contributed by atoms with Crippen molar-refractivity contribution in [1.29, 1.82) is 0 Å². The Morgan fingerprint density at radius 3 is 2.65 bits per heavy atom. The third kappa shape index (κ3) is 3.04. The van der Waals surface area contributed by atoms with Crippen LogP contribution in [0.1, 0.15) is 31.7 Å². The van der Waals surface area contributed by atoms with Crippen molar-refractivity contribution in [3.05, 3.63) is 36.0 Å². The van der Waals surface area contributed by atoms with Gasteiger partial charge in [0.2, 0.25) is 10.0 Å². The molecular weight excluding hydrogens is 272 g/mol. The summed E-state index contributed by atoms with van der Waals surface area (Å²) in [6.07, 6.45) is 5.09. The summed E-state index contributed by atoms with van der Waals surface area (Å²) in [6, 6.07) is 7.61. The van der Waals surface area contributed by atoms with Crippen molar-refractivity contribution in [1.82, 2.24) is 3.97 Å². The largest absolute Gasteiger partial charge is 0.330 e. The second-order valence-corrected chi connectivity index (χ2v) is 6.99. The quantitative estimate of drug-likeness (QED) is 0.798. The molecule has 0 fully saturated rings. The Balaban J connectivity index is 2.43. The fourth-order valence-electron chi connectivity index (χ4n) is 2.44. The number of nitrogens with two attached hydrogens (primary N) is 1. The standard InChI is InChI=1S/C15H22N2O2S/c1-2-3-6-11-20(18,19)17-12-13(9-10-16)14-7-4-5-8-15(14)17/h4-5,7-8,12H,2-3,6,9-11,16H2,1H3. The van der Waals surface area contributed by atoms with Crippen molar-refractivity contribution in [2.24, 2.45) is 5.73 Å². The van der Waals surface area contributed by atoms with Crippen LogP contribution in [0.25, 0.3) is 10.9 Å². The van der Waals surface area contributed by atoms with Crippen LogP contribution in [0.15, 0.2) is 30.5 Å². The summed E-state index contributed by atoms with van der Waals surface area (Å²) in [4.78, 5) is 0. The molecule has 5 heteroatoms. The van der Waals surface area contributed by atoms with E-state index in [0.29, 0.717) is 19.4 Å². The third-order valence-corrected chi connectivity index (χ3v) is 5.19. The lowest BCUT2D eigenvalue weighted by atomic mass is 10.1. The van der Waals surface area contributed by atoms with Gasteiger partial charge in [-0.25, -0.2) is 12.4 Å². The molecule has 0 saturated carbocycles. The zero-order valence-electron chi connectivity index (χ0n) is 11.9. The van der Waals surface area contributed by atoms with Gasteiger partial charge < -0.3 is 5.73 Å². The van der Waals surface area contributed by atoms with Gasteiger partial charge >= 0.3 is 0 Å². The Kier molecular flexibility index (Phi) is 4.83. The first-order valence-electron chi connectivity index (χ1n) is 7.12. The molecule has 0 amide bonds. The van der Waals surface area contributed by atoms with Gasteiger partial charge in [-0.2, -0.15) is 0 Å². The second kappa shape index (κ2) is 6.41. The molecule has 4 nitrogen and oxygen atoms in total. The van der Waals surface area contributed by atoms with Gasteiger partial charge in [-0.3, -0.25) is 0 Å². The number of benzene rings is 1. The topological polar surface area (TPSA) is 65.1 Å². The Bertz CT molecular complexity index is 674. The molecule has 20 heavy (non-hydrogen) atoms. The fraction of sp³-hybridized carbons (Fsp3) is 0.467. The molecule has 1 heterocycles. The van der Waals surface area contributed by atoms with Crippen molar-refractivity contribution < 1.29 is 8.42 Å². The molecule has 0 unspecified atom stereocenters. The van der Waals surface area contributed by atoms with Crippen LogP contribution in [-0.2, 0) is 16.4 Å². The molecule has 2 aromatic rings. The van der Waals surface area contributed by atoms with Crippen LogP contribution in [0.3, 0.4) is 0 Å². The van der Waals surface area contributed by atoms with E-state index in [0.717, 1.165) is 29.3 Å². The minimum atomic E-state index is -3.28. The molecular formula is C15H22N2O2S. The summed E-state index contributed by atoms with van der Waals surface area (Å²) in [6.45, 7) is 2.58. The first-order valence-corrected chi connectivity index (χ1v) is 8.73. The Morgan fingerprint density at radius 2 is 1.95 bits per heavy atom. The summed E-state index contributed by atoms with van der Waals surface area (Å²) in [5, 5.41) is 0.983. The minimum absolute atomic E-state index is 0.196. The van der Waals surface area contributed by atoms with Crippen LogP contribution in [0.5, 0.6) is 0 Å². The number of unbranched alkanes of at least 4 members (excludes halogenated alkanes) is 2. The van der Waals surface area contributed by atoms with Crippen LogP contribution < -0.4 is 5.73 Å². The molecule has 1 aromatic carbocycles. The van der Waals surface area contributed by atoms with Gasteiger partial charge in [-0.15, -0.1) is 0 Å². The monoisotopic (exact) mass is 294 g/mol. The Hall–Kier alpha value is -1.33. The van der Waals surface area contributed by atoms with E-state index < -0.39 is 10.0 Å². The van der Waals surface area contributed by atoms with Gasteiger partial charge in [0.1, 0.15) is 0 Å². The van der Waals surface area contributed by atoms with E-state index in [1.807, 2.05) is 24.3 Å². The Labute approximate surface area is 120 Å². The normalized spacial score (nSPS) is 12.1. The van der Waals surface area contributed by atoms with Crippen molar-refractivity contribution in [2.75, 3.05) is 12.3 Å². The van der Waals surface area contributed by atoms with E-state index in [1.54, 1.807) is 6.20 Å². The average molecular weight is 294 g/mol. The SMILES string of the molecule is CCCCCS(=O)(=O)n1cc(CCN)c2ccccc21. The predicted octanol–water partition coefficient (Wildman–Crippen LogP) is 2.51. The van der Waals surface area contributed by atoms with E-state index in [9.17, 15) is 8.42 Å². The summed E-state index contributed by atoms with van der Waals surface area (Å²) in [5.74, 6) is 0.196. The number of para-hydroxylation sites is 1. The van der Waals surface area contributed by atoms with Gasteiger partial charge in [0.25, 0.3) is 0 Å². The highest BCUT2D eigenvalue weighted by Gasteiger charge is 2.17.